The van der Waals surface area contributed by atoms with E-state index in [-0.39, 0.29) is 5.82 Å². The maximum Gasteiger partial charge on any atom is 0.131 e. The highest BCUT2D eigenvalue weighted by molar-refractivity contribution is 5.29. The molecule has 2 saturated heterocycles. The molecule has 1 aromatic carbocycles. The van der Waals surface area contributed by atoms with E-state index in [4.69, 9.17) is 4.74 Å². The van der Waals surface area contributed by atoms with Crippen molar-refractivity contribution in [1.82, 2.24) is 10.2 Å². The molecule has 3 nitrogen and oxygen atoms in total. The molecule has 0 aliphatic carbocycles. The van der Waals surface area contributed by atoms with Crippen LogP contribution in [0.1, 0.15) is 37.7 Å². The van der Waals surface area contributed by atoms with Crippen LogP contribution in [0.25, 0.3) is 0 Å². The number of nitrogens with one attached hydrogen (secondary N) is 1. The second-order valence-electron chi connectivity index (χ2n) is 6.19. The first-order chi connectivity index (χ1) is 10.3. The van der Waals surface area contributed by atoms with Crippen molar-refractivity contribution < 1.29 is 9.13 Å². The molecule has 1 aromatic rings. The van der Waals surface area contributed by atoms with Gasteiger partial charge in [-0.3, -0.25) is 4.90 Å². The van der Waals surface area contributed by atoms with Crippen molar-refractivity contribution in [1.29, 1.82) is 0 Å². The molecule has 0 spiro atoms. The van der Waals surface area contributed by atoms with E-state index in [1.54, 1.807) is 7.11 Å². The van der Waals surface area contributed by atoms with Crippen molar-refractivity contribution in [2.24, 2.45) is 0 Å². The highest BCUT2D eigenvalue weighted by Crippen LogP contribution is 2.27. The lowest BCUT2D eigenvalue weighted by molar-refractivity contribution is 0.111. The number of ether oxygens (including phenoxy) is 1. The number of nitrogens with zero attached hydrogens (tertiary/aromatic N) is 1. The molecule has 21 heavy (non-hydrogen) atoms. The lowest BCUT2D eigenvalue weighted by atomic mass is 9.94. The quantitative estimate of drug-likeness (QED) is 0.923. The summed E-state index contributed by atoms with van der Waals surface area (Å²) in [4.78, 5) is 2.47. The highest BCUT2D eigenvalue weighted by Gasteiger charge is 2.31. The Labute approximate surface area is 126 Å². The third kappa shape index (κ3) is 3.38. The van der Waals surface area contributed by atoms with Gasteiger partial charge in [-0.15, -0.1) is 0 Å². The van der Waals surface area contributed by atoms with E-state index in [2.05, 4.69) is 10.2 Å². The molecule has 2 heterocycles. The van der Waals surface area contributed by atoms with Gasteiger partial charge in [0.2, 0.25) is 0 Å². The minimum Gasteiger partial charge on any atom is -0.497 e. The normalized spacial score (nSPS) is 27.0. The highest BCUT2D eigenvalue weighted by atomic mass is 19.1. The van der Waals surface area contributed by atoms with Crippen molar-refractivity contribution >= 4 is 0 Å². The number of halogens is 1. The number of benzene rings is 1. The predicted molar refractivity (Wildman–Crippen MR) is 82.0 cm³/mol. The fourth-order valence-electron chi connectivity index (χ4n) is 3.71. The number of methoxy groups -OCH3 is 1. The largest absolute Gasteiger partial charge is 0.497 e. The Kier molecular flexibility index (Phi) is 4.76. The van der Waals surface area contributed by atoms with E-state index in [1.165, 1.54) is 38.2 Å². The van der Waals surface area contributed by atoms with Crippen LogP contribution < -0.4 is 10.1 Å². The van der Waals surface area contributed by atoms with Crippen molar-refractivity contribution in [2.45, 2.75) is 50.7 Å². The van der Waals surface area contributed by atoms with Gasteiger partial charge in [-0.1, -0.05) is 12.5 Å². The van der Waals surface area contributed by atoms with Crippen LogP contribution in [0.3, 0.4) is 0 Å². The molecule has 2 unspecified atom stereocenters. The molecule has 2 atom stereocenters. The van der Waals surface area contributed by atoms with E-state index >= 15 is 0 Å². The third-order valence-electron chi connectivity index (χ3n) is 4.86. The standard InChI is InChI=1S/C17H25FN2O/c1-21-14-8-7-13(15(18)11-14)12-20-10-3-2-6-17(20)16-5-4-9-19-16/h7-8,11,16-17,19H,2-6,9-10,12H2,1H3. The van der Waals surface area contributed by atoms with Crippen molar-refractivity contribution in [3.05, 3.63) is 29.6 Å². The number of hydrogen-bond donors (Lipinski definition) is 1. The SMILES string of the molecule is COc1ccc(CN2CCCCC2C2CCCN2)c(F)c1. The Balaban J connectivity index is 1.71. The lowest BCUT2D eigenvalue weighted by Crippen LogP contribution is -2.49. The van der Waals surface area contributed by atoms with Gasteiger partial charge in [0.15, 0.2) is 0 Å². The van der Waals surface area contributed by atoms with Gasteiger partial charge in [0.05, 0.1) is 7.11 Å². The molecule has 0 bridgehead atoms. The maximum atomic E-state index is 14.2. The molecule has 0 amide bonds. The molecule has 0 saturated carbocycles. The zero-order valence-corrected chi connectivity index (χ0v) is 12.8. The number of hydrogen-bond acceptors (Lipinski definition) is 3. The predicted octanol–water partition coefficient (Wildman–Crippen LogP) is 2.94. The van der Waals surface area contributed by atoms with Gasteiger partial charge < -0.3 is 10.1 Å². The van der Waals surface area contributed by atoms with Crippen LogP contribution in [0.2, 0.25) is 0 Å². The molecule has 3 rings (SSSR count). The monoisotopic (exact) mass is 292 g/mol. The molecular formula is C17H25FN2O. The smallest absolute Gasteiger partial charge is 0.131 e. The summed E-state index contributed by atoms with van der Waals surface area (Å²) < 4.78 is 19.3. The summed E-state index contributed by atoms with van der Waals surface area (Å²) in [6.45, 7) is 2.92. The average molecular weight is 292 g/mol. The molecule has 0 radical (unpaired) electrons. The Morgan fingerprint density at radius 2 is 2.19 bits per heavy atom. The molecule has 1 N–H and O–H groups in total. The van der Waals surface area contributed by atoms with Crippen molar-refractivity contribution in [3.63, 3.8) is 0 Å². The summed E-state index contributed by atoms with van der Waals surface area (Å²) in [5.74, 6) is 0.432. The van der Waals surface area contributed by atoms with Crippen LogP contribution in [-0.2, 0) is 6.54 Å². The Morgan fingerprint density at radius 1 is 1.29 bits per heavy atom. The summed E-state index contributed by atoms with van der Waals surface area (Å²) in [5, 5.41) is 3.62. The first-order valence-corrected chi connectivity index (χ1v) is 8.08. The fourth-order valence-corrected chi connectivity index (χ4v) is 3.71. The summed E-state index contributed by atoms with van der Waals surface area (Å²) >= 11 is 0. The Bertz CT molecular complexity index is 474. The van der Waals surface area contributed by atoms with Crippen LogP contribution >= 0.6 is 0 Å². The van der Waals surface area contributed by atoms with Crippen LogP contribution in [0.4, 0.5) is 4.39 Å². The average Bonchev–Trinajstić information content (AvgIpc) is 3.04. The van der Waals surface area contributed by atoms with Crippen LogP contribution in [-0.4, -0.2) is 37.2 Å². The summed E-state index contributed by atoms with van der Waals surface area (Å²) in [6.07, 6.45) is 6.28. The molecule has 4 heteroatoms. The van der Waals surface area contributed by atoms with Crippen molar-refractivity contribution in [3.8, 4) is 5.75 Å². The molecule has 2 fully saturated rings. The summed E-state index contributed by atoms with van der Waals surface area (Å²) in [6, 6.07) is 6.35. The second kappa shape index (κ2) is 6.75. The van der Waals surface area contributed by atoms with Crippen molar-refractivity contribution in [2.75, 3.05) is 20.2 Å². The van der Waals surface area contributed by atoms with Gasteiger partial charge in [-0.05, 0) is 44.8 Å². The molecule has 2 aliphatic rings. The zero-order chi connectivity index (χ0) is 14.7. The number of likely N-dealkylation sites (tertiary alicyclic amines) is 1. The fraction of sp³-hybridized carbons (Fsp3) is 0.647. The first-order valence-electron chi connectivity index (χ1n) is 8.08. The van der Waals surface area contributed by atoms with Crippen LogP contribution in [0.15, 0.2) is 18.2 Å². The third-order valence-corrected chi connectivity index (χ3v) is 4.86. The summed E-state index contributed by atoms with van der Waals surface area (Å²) in [7, 11) is 1.57. The van der Waals surface area contributed by atoms with E-state index in [9.17, 15) is 4.39 Å². The van der Waals surface area contributed by atoms with E-state index in [0.717, 1.165) is 18.7 Å². The van der Waals surface area contributed by atoms with E-state index < -0.39 is 0 Å². The maximum absolute atomic E-state index is 14.2. The van der Waals surface area contributed by atoms with Gasteiger partial charge in [-0.2, -0.15) is 0 Å². The van der Waals surface area contributed by atoms with Crippen LogP contribution in [0.5, 0.6) is 5.75 Å². The molecule has 2 aliphatic heterocycles. The first kappa shape index (κ1) is 14.8. The van der Waals surface area contributed by atoms with E-state index in [1.807, 2.05) is 12.1 Å². The molecular weight excluding hydrogens is 267 g/mol. The van der Waals surface area contributed by atoms with Gasteiger partial charge in [0.25, 0.3) is 0 Å². The van der Waals surface area contributed by atoms with Gasteiger partial charge >= 0.3 is 0 Å². The molecule has 0 aromatic heterocycles. The second-order valence-corrected chi connectivity index (χ2v) is 6.19. The minimum atomic E-state index is -0.155. The summed E-state index contributed by atoms with van der Waals surface area (Å²) in [5.41, 5.74) is 0.778. The minimum absolute atomic E-state index is 0.155. The van der Waals surface area contributed by atoms with Crippen LogP contribution in [0, 0.1) is 5.82 Å². The number of rotatable bonds is 4. The molecule has 116 valence electrons. The Morgan fingerprint density at radius 3 is 2.90 bits per heavy atom. The topological polar surface area (TPSA) is 24.5 Å². The Hall–Kier alpha value is -1.13. The van der Waals surface area contributed by atoms with Gasteiger partial charge in [0.1, 0.15) is 11.6 Å². The lowest BCUT2D eigenvalue weighted by Gasteiger charge is -2.39. The van der Waals surface area contributed by atoms with Gasteiger partial charge in [-0.25, -0.2) is 4.39 Å². The zero-order valence-electron chi connectivity index (χ0n) is 12.8. The number of piperidine rings is 1. The van der Waals surface area contributed by atoms with Gasteiger partial charge in [0, 0.05) is 30.3 Å². The van der Waals surface area contributed by atoms with E-state index in [0.29, 0.717) is 24.4 Å².